The van der Waals surface area contributed by atoms with Crippen LogP contribution < -0.4 is 10.2 Å². The summed E-state index contributed by atoms with van der Waals surface area (Å²) < 4.78 is 0. The van der Waals surface area contributed by atoms with Gasteiger partial charge in [0.25, 0.3) is 0 Å². The minimum atomic E-state index is -0.996. The van der Waals surface area contributed by atoms with Crippen molar-refractivity contribution in [3.63, 3.8) is 0 Å². The summed E-state index contributed by atoms with van der Waals surface area (Å²) in [6.07, 6.45) is 2.11. The monoisotopic (exact) mass is 278 g/mol. The van der Waals surface area contributed by atoms with Crippen molar-refractivity contribution in [3.05, 3.63) is 29.8 Å². The number of carboxylic acid groups (broad SMARTS) is 1. The molecule has 5 heteroatoms. The first-order chi connectivity index (χ1) is 9.45. The average molecular weight is 278 g/mol. The molecule has 0 aliphatic rings. The summed E-state index contributed by atoms with van der Waals surface area (Å²) in [6, 6.07) is 6.23. The minimum absolute atomic E-state index is 0.405. The van der Waals surface area contributed by atoms with Crippen LogP contribution in [0.1, 0.15) is 31.7 Å². The second-order valence-corrected chi connectivity index (χ2v) is 4.88. The molecule has 0 spiro atoms. The van der Waals surface area contributed by atoms with Gasteiger partial charge >= 0.3 is 12.0 Å². The van der Waals surface area contributed by atoms with Crippen LogP contribution in [0.25, 0.3) is 0 Å². The number of rotatable bonds is 6. The number of nitrogens with zero attached hydrogens (tertiary/aromatic N) is 1. The molecule has 0 saturated heterocycles. The Morgan fingerprint density at radius 2 is 1.90 bits per heavy atom. The smallest absolute Gasteiger partial charge is 0.326 e. The molecule has 2 amide bonds. The molecular formula is C15H22N2O3. The highest BCUT2D eigenvalue weighted by Crippen LogP contribution is 2.13. The quantitative estimate of drug-likeness (QED) is 0.840. The second-order valence-electron chi connectivity index (χ2n) is 4.88. The van der Waals surface area contributed by atoms with Gasteiger partial charge in [0.2, 0.25) is 0 Å². The first kappa shape index (κ1) is 16.0. The second kappa shape index (κ2) is 7.53. The Labute approximate surface area is 119 Å². The van der Waals surface area contributed by atoms with E-state index in [1.165, 1.54) is 4.90 Å². The van der Waals surface area contributed by atoms with Gasteiger partial charge in [-0.15, -0.1) is 0 Å². The highest BCUT2D eigenvalue weighted by atomic mass is 16.4. The molecule has 1 aromatic carbocycles. The van der Waals surface area contributed by atoms with Gasteiger partial charge in [-0.3, -0.25) is 4.90 Å². The number of hydrogen-bond acceptors (Lipinski definition) is 2. The molecule has 20 heavy (non-hydrogen) atoms. The molecule has 110 valence electrons. The summed E-state index contributed by atoms with van der Waals surface area (Å²) >= 11 is 0. The largest absolute Gasteiger partial charge is 0.480 e. The van der Waals surface area contributed by atoms with Crippen LogP contribution in [-0.4, -0.2) is 30.2 Å². The lowest BCUT2D eigenvalue weighted by molar-refractivity contribution is -0.139. The Kier molecular flexibility index (Phi) is 6.03. The zero-order chi connectivity index (χ0) is 15.1. The van der Waals surface area contributed by atoms with Crippen molar-refractivity contribution in [1.82, 2.24) is 5.32 Å². The molecular weight excluding hydrogens is 256 g/mol. The number of aliphatic carboxylic acids is 1. The van der Waals surface area contributed by atoms with Gasteiger partial charge in [-0.1, -0.05) is 37.5 Å². The number of aryl methyl sites for hydroxylation is 1. The van der Waals surface area contributed by atoms with E-state index in [1.54, 1.807) is 7.05 Å². The van der Waals surface area contributed by atoms with Gasteiger partial charge in [0, 0.05) is 12.7 Å². The number of hydrogen-bond donors (Lipinski definition) is 2. The number of amides is 2. The molecule has 2 N–H and O–H groups in total. The molecule has 0 heterocycles. The van der Waals surface area contributed by atoms with E-state index in [0.717, 1.165) is 24.1 Å². The number of nitrogens with one attached hydrogen (secondary N) is 1. The molecule has 1 aromatic rings. The van der Waals surface area contributed by atoms with E-state index >= 15 is 0 Å². The molecule has 0 aliphatic carbocycles. The zero-order valence-corrected chi connectivity index (χ0v) is 12.2. The fourth-order valence-electron chi connectivity index (χ4n) is 1.80. The van der Waals surface area contributed by atoms with Gasteiger partial charge in [0.15, 0.2) is 0 Å². The number of urea groups is 1. The van der Waals surface area contributed by atoms with Crippen LogP contribution in [0.4, 0.5) is 10.5 Å². The zero-order valence-electron chi connectivity index (χ0n) is 12.2. The van der Waals surface area contributed by atoms with Crippen molar-refractivity contribution in [3.8, 4) is 0 Å². The molecule has 0 unspecified atom stereocenters. The summed E-state index contributed by atoms with van der Waals surface area (Å²) in [5.41, 5.74) is 1.83. The van der Waals surface area contributed by atoms with Gasteiger partial charge in [-0.25, -0.2) is 9.59 Å². The standard InChI is InChI=1S/C15H22N2O3/c1-4-5-6-13(14(18)19)16-15(20)17(3)12-9-7-11(2)8-10-12/h7-10,13H,4-6H2,1-3H3,(H,16,20)(H,18,19)/t13-/m0/s1. The Hall–Kier alpha value is -2.04. The van der Waals surface area contributed by atoms with E-state index in [9.17, 15) is 9.59 Å². The van der Waals surface area contributed by atoms with E-state index in [-0.39, 0.29) is 0 Å². The van der Waals surface area contributed by atoms with Crippen molar-refractivity contribution in [2.75, 3.05) is 11.9 Å². The molecule has 0 aliphatic heterocycles. The van der Waals surface area contributed by atoms with Crippen molar-refractivity contribution in [1.29, 1.82) is 0 Å². The third kappa shape index (κ3) is 4.57. The number of carboxylic acids is 1. The average Bonchev–Trinajstić information content (AvgIpc) is 2.42. The van der Waals surface area contributed by atoms with Crippen molar-refractivity contribution >= 4 is 17.7 Å². The molecule has 0 radical (unpaired) electrons. The molecule has 5 nitrogen and oxygen atoms in total. The van der Waals surface area contributed by atoms with E-state index in [0.29, 0.717) is 6.42 Å². The SMILES string of the molecule is CCCC[C@H](NC(=O)N(C)c1ccc(C)cc1)C(=O)O. The summed E-state index contributed by atoms with van der Waals surface area (Å²) in [5, 5.41) is 11.7. The lowest BCUT2D eigenvalue weighted by atomic mass is 10.1. The van der Waals surface area contributed by atoms with Crippen LogP contribution in [0.15, 0.2) is 24.3 Å². The summed E-state index contributed by atoms with van der Waals surface area (Å²) in [6.45, 7) is 3.95. The number of carbonyl (C=O) groups excluding carboxylic acids is 1. The lowest BCUT2D eigenvalue weighted by Crippen LogP contribution is -2.46. The molecule has 1 atom stereocenters. The Balaban J connectivity index is 2.68. The number of unbranched alkanes of at least 4 members (excludes halogenated alkanes) is 1. The third-order valence-corrected chi connectivity index (χ3v) is 3.17. The molecule has 0 fully saturated rings. The van der Waals surface area contributed by atoms with Crippen LogP contribution >= 0.6 is 0 Å². The third-order valence-electron chi connectivity index (χ3n) is 3.17. The molecule has 0 saturated carbocycles. The van der Waals surface area contributed by atoms with E-state index in [1.807, 2.05) is 38.1 Å². The van der Waals surface area contributed by atoms with Crippen LogP contribution in [0, 0.1) is 6.92 Å². The number of anilines is 1. The van der Waals surface area contributed by atoms with Gasteiger partial charge < -0.3 is 10.4 Å². The van der Waals surface area contributed by atoms with Crippen LogP contribution in [-0.2, 0) is 4.79 Å². The van der Waals surface area contributed by atoms with Crippen molar-refractivity contribution in [2.45, 2.75) is 39.2 Å². The molecule has 0 bridgehead atoms. The predicted molar refractivity (Wildman–Crippen MR) is 79.1 cm³/mol. The fourth-order valence-corrected chi connectivity index (χ4v) is 1.80. The van der Waals surface area contributed by atoms with Gasteiger partial charge in [-0.05, 0) is 25.5 Å². The molecule has 1 rings (SSSR count). The predicted octanol–water partition coefficient (Wildman–Crippen LogP) is 2.78. The van der Waals surface area contributed by atoms with E-state index in [4.69, 9.17) is 5.11 Å². The Morgan fingerprint density at radius 3 is 2.40 bits per heavy atom. The topological polar surface area (TPSA) is 69.6 Å². The van der Waals surface area contributed by atoms with Crippen LogP contribution in [0.3, 0.4) is 0 Å². The van der Waals surface area contributed by atoms with Crippen molar-refractivity contribution < 1.29 is 14.7 Å². The van der Waals surface area contributed by atoms with Gasteiger partial charge in [0.05, 0.1) is 0 Å². The first-order valence-corrected chi connectivity index (χ1v) is 6.79. The first-order valence-electron chi connectivity index (χ1n) is 6.79. The Morgan fingerprint density at radius 1 is 1.30 bits per heavy atom. The van der Waals surface area contributed by atoms with E-state index < -0.39 is 18.0 Å². The van der Waals surface area contributed by atoms with Crippen LogP contribution in [0.5, 0.6) is 0 Å². The normalized spacial score (nSPS) is 11.8. The van der Waals surface area contributed by atoms with Gasteiger partial charge in [0.1, 0.15) is 6.04 Å². The minimum Gasteiger partial charge on any atom is -0.480 e. The van der Waals surface area contributed by atoms with Crippen molar-refractivity contribution in [2.24, 2.45) is 0 Å². The summed E-state index contributed by atoms with van der Waals surface area (Å²) in [4.78, 5) is 24.6. The number of benzene rings is 1. The maximum atomic E-state index is 12.1. The summed E-state index contributed by atoms with van der Waals surface area (Å²) in [5.74, 6) is -0.996. The highest BCUT2D eigenvalue weighted by molar-refractivity contribution is 5.93. The lowest BCUT2D eigenvalue weighted by Gasteiger charge is -2.21. The maximum absolute atomic E-state index is 12.1. The number of carbonyl (C=O) groups is 2. The Bertz CT molecular complexity index is 457. The van der Waals surface area contributed by atoms with Crippen LogP contribution in [0.2, 0.25) is 0 Å². The fraction of sp³-hybridized carbons (Fsp3) is 0.467. The van der Waals surface area contributed by atoms with Gasteiger partial charge in [-0.2, -0.15) is 0 Å². The summed E-state index contributed by atoms with van der Waals surface area (Å²) in [7, 11) is 1.62. The van der Waals surface area contributed by atoms with E-state index in [2.05, 4.69) is 5.32 Å². The highest BCUT2D eigenvalue weighted by Gasteiger charge is 2.21. The maximum Gasteiger partial charge on any atom is 0.326 e. The molecule has 0 aromatic heterocycles.